The number of ether oxygens (including phenoxy) is 2. The summed E-state index contributed by atoms with van der Waals surface area (Å²) in [6.45, 7) is 11.5. The maximum atomic E-state index is 14.5. The molecule has 1 aliphatic carbocycles. The van der Waals surface area contributed by atoms with Crippen molar-refractivity contribution in [1.82, 2.24) is 30.5 Å². The number of amides is 3. The molecule has 1 saturated carbocycles. The van der Waals surface area contributed by atoms with Crippen molar-refractivity contribution in [1.29, 1.82) is 0 Å². The molecule has 2 aliphatic heterocycles. The summed E-state index contributed by atoms with van der Waals surface area (Å²) in [6, 6.07) is 1.85. The van der Waals surface area contributed by atoms with Gasteiger partial charge in [0.05, 0.1) is 12.6 Å². The minimum atomic E-state index is -1.18. The molecule has 2 aromatic heterocycles. The largest absolute Gasteiger partial charge is 0.464 e. The number of thiophene rings is 1. The predicted octanol–water partition coefficient (Wildman–Crippen LogP) is 5.77. The van der Waals surface area contributed by atoms with Gasteiger partial charge in [-0.3, -0.25) is 9.59 Å². The van der Waals surface area contributed by atoms with Gasteiger partial charge in [0.15, 0.2) is 0 Å². The van der Waals surface area contributed by atoms with E-state index < -0.39 is 47.2 Å². The zero-order chi connectivity index (χ0) is 35.8. The maximum Gasteiger partial charge on any atom is 0.408 e. The van der Waals surface area contributed by atoms with E-state index in [9.17, 15) is 19.2 Å². The molecule has 3 aromatic rings. The number of esters is 1. The molecule has 2 unspecified atom stereocenters. The van der Waals surface area contributed by atoms with Crippen LogP contribution < -0.4 is 10.6 Å². The average molecular weight is 705 g/mol. The number of nitrogens with one attached hydrogen (secondary N) is 2. The summed E-state index contributed by atoms with van der Waals surface area (Å²) >= 11 is 1.63. The first-order valence-corrected chi connectivity index (χ1v) is 18.6. The number of carbonyl (C=O) groups is 4. The van der Waals surface area contributed by atoms with Crippen molar-refractivity contribution in [3.63, 3.8) is 0 Å². The van der Waals surface area contributed by atoms with Gasteiger partial charge in [-0.05, 0) is 112 Å². The summed E-state index contributed by atoms with van der Waals surface area (Å²) in [5, 5.41) is 19.8. The van der Waals surface area contributed by atoms with Crippen LogP contribution in [0.4, 0.5) is 4.79 Å². The van der Waals surface area contributed by atoms with Crippen LogP contribution in [0.15, 0.2) is 35.0 Å². The Kier molecular flexibility index (Phi) is 10.1. The lowest BCUT2D eigenvalue weighted by Gasteiger charge is -2.30. The summed E-state index contributed by atoms with van der Waals surface area (Å²) in [5.41, 5.74) is 3.89. The number of allylic oxidation sites excluding steroid dienone is 1. The Bertz CT molecular complexity index is 1800. The van der Waals surface area contributed by atoms with Crippen LogP contribution in [0.1, 0.15) is 89.8 Å². The number of benzene rings is 1. The van der Waals surface area contributed by atoms with E-state index in [0.717, 1.165) is 52.5 Å². The number of aryl methyl sites for hydroxylation is 1. The van der Waals surface area contributed by atoms with Crippen LogP contribution in [-0.2, 0) is 23.9 Å². The average Bonchev–Trinajstić information content (AvgIpc) is 3.51. The summed E-state index contributed by atoms with van der Waals surface area (Å²) in [5.74, 6) is -1.50. The topological polar surface area (TPSA) is 145 Å². The molecule has 268 valence electrons. The second-order valence-corrected chi connectivity index (χ2v) is 15.5. The molecular formula is C37H48N6O6S. The van der Waals surface area contributed by atoms with Gasteiger partial charge in [-0.1, -0.05) is 25.0 Å². The number of rotatable bonds is 5. The van der Waals surface area contributed by atoms with Crippen molar-refractivity contribution in [2.75, 3.05) is 13.2 Å². The van der Waals surface area contributed by atoms with Crippen molar-refractivity contribution >= 4 is 46.2 Å². The third-order valence-corrected chi connectivity index (χ3v) is 10.7. The number of hydrogen-bond acceptors (Lipinski definition) is 9. The van der Waals surface area contributed by atoms with Gasteiger partial charge in [0.2, 0.25) is 11.8 Å². The molecular weight excluding hydrogens is 657 g/mol. The van der Waals surface area contributed by atoms with Gasteiger partial charge >= 0.3 is 12.1 Å². The van der Waals surface area contributed by atoms with Crippen LogP contribution in [-0.4, -0.2) is 80.1 Å². The highest BCUT2D eigenvalue weighted by molar-refractivity contribution is 7.08. The number of fused-ring (bicyclic) bond motifs is 3. The summed E-state index contributed by atoms with van der Waals surface area (Å²) < 4.78 is 11.0. The summed E-state index contributed by atoms with van der Waals surface area (Å²) in [6.07, 6.45) is 7.63. The highest BCUT2D eigenvalue weighted by Crippen LogP contribution is 2.46. The standard InChI is InChI=1S/C37H48N6O6S/c1-7-48-34(46)37-19-25(37)13-11-9-8-10-12-14-28(38-35(47)49-36(4,5)6)33(45)42-20-26(17-30(42)32(44)39-37)43-40-29-18-27(24-15-16-50-21-24)22(2)23(3)31(29)41-43/h11,13,15-16,18,21,25-26,28,30H,7-10,12,14,17,19-20H2,1-6H3,(H,38,47)(H,39,44)/t25-,26?,28+,30?,37-/m1/s1. The highest BCUT2D eigenvalue weighted by atomic mass is 32.1. The van der Waals surface area contributed by atoms with Gasteiger partial charge in [0.1, 0.15) is 34.3 Å². The molecule has 12 nitrogen and oxygen atoms in total. The monoisotopic (exact) mass is 704 g/mol. The molecule has 1 aromatic carbocycles. The van der Waals surface area contributed by atoms with Crippen molar-refractivity contribution in [3.05, 3.63) is 46.2 Å². The van der Waals surface area contributed by atoms with Gasteiger partial charge in [-0.15, -0.1) is 0 Å². The minimum absolute atomic E-state index is 0.148. The molecule has 0 bridgehead atoms. The molecule has 2 N–H and O–H groups in total. The lowest BCUT2D eigenvalue weighted by atomic mass is 9.98. The molecule has 13 heteroatoms. The second kappa shape index (κ2) is 14.2. The summed E-state index contributed by atoms with van der Waals surface area (Å²) in [7, 11) is 0. The molecule has 5 atom stereocenters. The zero-order valence-electron chi connectivity index (χ0n) is 29.8. The van der Waals surface area contributed by atoms with Crippen LogP contribution in [0.5, 0.6) is 0 Å². The molecule has 6 rings (SSSR count). The Morgan fingerprint density at radius 1 is 1.14 bits per heavy atom. The van der Waals surface area contributed by atoms with Crippen LogP contribution in [0.2, 0.25) is 0 Å². The van der Waals surface area contributed by atoms with E-state index in [1.165, 1.54) is 4.90 Å². The van der Waals surface area contributed by atoms with Crippen LogP contribution >= 0.6 is 11.3 Å². The fourth-order valence-electron chi connectivity index (χ4n) is 7.14. The maximum absolute atomic E-state index is 14.5. The number of nitrogens with zero attached hydrogens (tertiary/aromatic N) is 4. The van der Waals surface area contributed by atoms with E-state index in [1.54, 1.807) is 43.8 Å². The molecule has 4 heterocycles. The number of carbonyl (C=O) groups excluding carboxylic acids is 4. The Balaban J connectivity index is 1.35. The molecule has 1 saturated heterocycles. The minimum Gasteiger partial charge on any atom is -0.464 e. The fourth-order valence-corrected chi connectivity index (χ4v) is 7.80. The first kappa shape index (κ1) is 35.6. The number of hydrogen-bond donors (Lipinski definition) is 2. The van der Waals surface area contributed by atoms with E-state index in [1.807, 2.05) is 24.4 Å². The Morgan fingerprint density at radius 3 is 2.66 bits per heavy atom. The van der Waals surface area contributed by atoms with Gasteiger partial charge < -0.3 is 25.0 Å². The molecule has 0 spiro atoms. The van der Waals surface area contributed by atoms with E-state index in [2.05, 4.69) is 35.1 Å². The van der Waals surface area contributed by atoms with E-state index in [4.69, 9.17) is 19.7 Å². The highest BCUT2D eigenvalue weighted by Gasteiger charge is 2.62. The number of aromatic nitrogens is 3. The van der Waals surface area contributed by atoms with Crippen molar-refractivity contribution in [2.24, 2.45) is 5.92 Å². The van der Waals surface area contributed by atoms with Crippen LogP contribution in [0, 0.1) is 19.8 Å². The number of alkyl carbamates (subject to hydrolysis) is 1. The summed E-state index contributed by atoms with van der Waals surface area (Å²) in [4.78, 5) is 58.1. The quantitative estimate of drug-likeness (QED) is 0.252. The molecule has 3 amide bonds. The lowest BCUT2D eigenvalue weighted by molar-refractivity contribution is -0.150. The molecule has 3 aliphatic rings. The van der Waals surface area contributed by atoms with Gasteiger partial charge in [0.25, 0.3) is 0 Å². The predicted molar refractivity (Wildman–Crippen MR) is 190 cm³/mol. The first-order valence-electron chi connectivity index (χ1n) is 17.7. The SMILES string of the molecule is CCOC(=O)[C@@]12C[C@H]1C=CCCCCC[C@H](NC(=O)OC(C)(C)C)C(=O)N1CC(n3nc4cc(-c5ccsc5)c(C)c(C)c4n3)CC1C(=O)N2. The molecule has 50 heavy (non-hydrogen) atoms. The van der Waals surface area contributed by atoms with Crippen LogP contribution in [0.25, 0.3) is 22.2 Å². The zero-order valence-corrected chi connectivity index (χ0v) is 30.6. The molecule has 2 fully saturated rings. The van der Waals surface area contributed by atoms with Crippen molar-refractivity contribution in [3.8, 4) is 11.1 Å². The van der Waals surface area contributed by atoms with E-state index >= 15 is 0 Å². The van der Waals surface area contributed by atoms with Gasteiger partial charge in [0, 0.05) is 18.9 Å². The van der Waals surface area contributed by atoms with Crippen LogP contribution in [0.3, 0.4) is 0 Å². The Hall–Kier alpha value is -4.26. The van der Waals surface area contributed by atoms with E-state index in [0.29, 0.717) is 19.3 Å². The second-order valence-electron chi connectivity index (χ2n) is 14.7. The Morgan fingerprint density at radius 2 is 1.94 bits per heavy atom. The smallest absolute Gasteiger partial charge is 0.408 e. The first-order chi connectivity index (χ1) is 23.8. The molecule has 0 radical (unpaired) electrons. The normalized spacial score (nSPS) is 26.0. The fraction of sp³-hybridized carbons (Fsp3) is 0.568. The third kappa shape index (κ3) is 7.28. The van der Waals surface area contributed by atoms with E-state index in [-0.39, 0.29) is 31.4 Å². The lowest BCUT2D eigenvalue weighted by Crippen LogP contribution is -2.56. The van der Waals surface area contributed by atoms with Gasteiger partial charge in [-0.25, -0.2) is 9.59 Å². The Labute approximate surface area is 296 Å². The van der Waals surface area contributed by atoms with Crippen molar-refractivity contribution in [2.45, 2.75) is 116 Å². The third-order valence-electron chi connectivity index (χ3n) is 10.0. The van der Waals surface area contributed by atoms with Gasteiger partial charge in [-0.2, -0.15) is 26.3 Å². The van der Waals surface area contributed by atoms with Crippen molar-refractivity contribution < 1.29 is 28.7 Å².